The van der Waals surface area contributed by atoms with Crippen molar-refractivity contribution in [3.8, 4) is 5.75 Å². The Hall–Kier alpha value is -2.10. The molecule has 9 heteroatoms. The number of hydrogen-bond donors (Lipinski definition) is 0. The summed E-state index contributed by atoms with van der Waals surface area (Å²) < 4.78 is 33.7. The van der Waals surface area contributed by atoms with Crippen molar-refractivity contribution in [3.63, 3.8) is 0 Å². The van der Waals surface area contributed by atoms with E-state index < -0.39 is 10.0 Å². The van der Waals surface area contributed by atoms with E-state index in [0.717, 1.165) is 23.4 Å². The van der Waals surface area contributed by atoms with Crippen molar-refractivity contribution >= 4 is 33.0 Å². The maximum Gasteiger partial charge on any atom is 0.243 e. The number of thiophene rings is 1. The monoisotopic (exact) mass is 477 g/mol. The van der Waals surface area contributed by atoms with Crippen LogP contribution in [-0.2, 0) is 21.2 Å². The second kappa shape index (κ2) is 9.80. The molecule has 2 aliphatic heterocycles. The van der Waals surface area contributed by atoms with Crippen LogP contribution in [0.5, 0.6) is 5.75 Å². The molecule has 0 N–H and O–H groups in total. The largest absolute Gasteiger partial charge is 0.495 e. The van der Waals surface area contributed by atoms with E-state index in [1.807, 2.05) is 22.4 Å². The summed E-state index contributed by atoms with van der Waals surface area (Å²) in [5.74, 6) is 1.15. The number of piperidine rings is 1. The molecule has 0 spiro atoms. The summed E-state index contributed by atoms with van der Waals surface area (Å²) in [5, 5.41) is 1.98. The molecular formula is C23H31N3O4S2. The van der Waals surface area contributed by atoms with Gasteiger partial charge in [0.2, 0.25) is 15.9 Å². The van der Waals surface area contributed by atoms with Crippen molar-refractivity contribution in [2.24, 2.45) is 5.92 Å². The van der Waals surface area contributed by atoms with Crippen LogP contribution in [0.15, 0.2) is 40.6 Å². The Morgan fingerprint density at radius 2 is 1.94 bits per heavy atom. The first-order valence-corrected chi connectivity index (χ1v) is 13.4. The van der Waals surface area contributed by atoms with Gasteiger partial charge in [0.25, 0.3) is 0 Å². The molecule has 2 saturated heterocycles. The van der Waals surface area contributed by atoms with Crippen molar-refractivity contribution < 1.29 is 17.9 Å². The Bertz CT molecular complexity index is 1030. The maximum atomic E-state index is 13.3. The number of hydrogen-bond acceptors (Lipinski definition) is 6. The van der Waals surface area contributed by atoms with Gasteiger partial charge in [0.15, 0.2) is 0 Å². The third kappa shape index (κ3) is 4.94. The minimum atomic E-state index is -3.55. The minimum absolute atomic E-state index is 0.134. The molecule has 2 fully saturated rings. The van der Waals surface area contributed by atoms with Gasteiger partial charge in [-0.2, -0.15) is 4.31 Å². The standard InChI is InChI=1S/C23H31N3O4S2/c1-18-5-3-9-26(17-18)32(28,29)20-7-8-22(30-2)21(16-20)24-10-12-25(13-11-24)23(27)15-19-6-4-14-31-19/h4,6-8,14,16,18H,3,5,9-13,15,17H2,1-2H3/t18-/m0/s1. The highest BCUT2D eigenvalue weighted by Gasteiger charge is 2.30. The van der Waals surface area contributed by atoms with Crippen LogP contribution >= 0.6 is 11.3 Å². The molecule has 174 valence electrons. The fraction of sp³-hybridized carbons (Fsp3) is 0.522. The molecule has 2 aliphatic rings. The summed E-state index contributed by atoms with van der Waals surface area (Å²) in [7, 11) is -1.95. The summed E-state index contributed by atoms with van der Waals surface area (Å²) in [5.41, 5.74) is 0.768. The van der Waals surface area contributed by atoms with E-state index in [4.69, 9.17) is 4.74 Å². The average Bonchev–Trinajstić information content (AvgIpc) is 3.31. The van der Waals surface area contributed by atoms with E-state index in [9.17, 15) is 13.2 Å². The van der Waals surface area contributed by atoms with E-state index >= 15 is 0 Å². The molecule has 0 aliphatic carbocycles. The van der Waals surface area contributed by atoms with Crippen LogP contribution in [0.2, 0.25) is 0 Å². The predicted octanol–water partition coefficient (Wildman–Crippen LogP) is 3.07. The molecule has 2 aromatic rings. The fourth-order valence-electron chi connectivity index (χ4n) is 4.46. The molecule has 0 radical (unpaired) electrons. The van der Waals surface area contributed by atoms with Gasteiger partial charge < -0.3 is 14.5 Å². The van der Waals surface area contributed by atoms with Crippen molar-refractivity contribution in [3.05, 3.63) is 40.6 Å². The Labute approximate surface area is 194 Å². The number of amides is 1. The van der Waals surface area contributed by atoms with Gasteiger partial charge in [-0.3, -0.25) is 4.79 Å². The van der Waals surface area contributed by atoms with Gasteiger partial charge in [-0.05, 0) is 48.4 Å². The highest BCUT2D eigenvalue weighted by Crippen LogP contribution is 2.33. The van der Waals surface area contributed by atoms with Crippen molar-refractivity contribution in [1.82, 2.24) is 9.21 Å². The first-order chi connectivity index (χ1) is 15.4. The number of carbonyl (C=O) groups is 1. The lowest BCUT2D eigenvalue weighted by Crippen LogP contribution is -2.49. The first kappa shape index (κ1) is 23.1. The van der Waals surface area contributed by atoms with E-state index in [0.29, 0.717) is 62.3 Å². The Morgan fingerprint density at radius 3 is 2.59 bits per heavy atom. The summed E-state index contributed by atoms with van der Waals surface area (Å²) in [6, 6.07) is 9.06. The molecule has 7 nitrogen and oxygen atoms in total. The summed E-state index contributed by atoms with van der Waals surface area (Å²) in [6.07, 6.45) is 2.39. The molecule has 3 heterocycles. The Balaban J connectivity index is 1.48. The van der Waals surface area contributed by atoms with E-state index in [-0.39, 0.29) is 5.91 Å². The van der Waals surface area contributed by atoms with Crippen LogP contribution in [0.4, 0.5) is 5.69 Å². The number of sulfonamides is 1. The van der Waals surface area contributed by atoms with Gasteiger partial charge in [-0.1, -0.05) is 13.0 Å². The number of nitrogens with zero attached hydrogens (tertiary/aromatic N) is 3. The van der Waals surface area contributed by atoms with E-state index in [1.165, 1.54) is 0 Å². The molecule has 1 amide bonds. The third-order valence-electron chi connectivity index (χ3n) is 6.29. The minimum Gasteiger partial charge on any atom is -0.495 e. The second-order valence-corrected chi connectivity index (χ2v) is 11.5. The Morgan fingerprint density at radius 1 is 1.16 bits per heavy atom. The summed E-state index contributed by atoms with van der Waals surface area (Å²) in [4.78, 5) is 18.0. The number of carbonyl (C=O) groups excluding carboxylic acids is 1. The number of anilines is 1. The zero-order valence-electron chi connectivity index (χ0n) is 18.7. The molecular weight excluding hydrogens is 446 g/mol. The summed E-state index contributed by atoms with van der Waals surface area (Å²) >= 11 is 1.60. The molecule has 4 rings (SSSR count). The number of benzene rings is 1. The lowest BCUT2D eigenvalue weighted by atomic mass is 10.0. The predicted molar refractivity (Wildman–Crippen MR) is 127 cm³/mol. The highest BCUT2D eigenvalue weighted by molar-refractivity contribution is 7.89. The molecule has 0 bridgehead atoms. The smallest absolute Gasteiger partial charge is 0.243 e. The lowest BCUT2D eigenvalue weighted by Gasteiger charge is -2.37. The average molecular weight is 478 g/mol. The topological polar surface area (TPSA) is 70.2 Å². The van der Waals surface area contributed by atoms with Gasteiger partial charge in [-0.25, -0.2) is 8.42 Å². The molecule has 32 heavy (non-hydrogen) atoms. The van der Waals surface area contributed by atoms with Crippen molar-refractivity contribution in [2.45, 2.75) is 31.1 Å². The first-order valence-electron chi connectivity index (χ1n) is 11.1. The fourth-order valence-corrected chi connectivity index (χ4v) is 6.78. The molecule has 0 saturated carbocycles. The van der Waals surface area contributed by atoms with Crippen LogP contribution in [0.1, 0.15) is 24.6 Å². The van der Waals surface area contributed by atoms with Crippen LogP contribution in [0, 0.1) is 5.92 Å². The van der Waals surface area contributed by atoms with Gasteiger partial charge in [0.05, 0.1) is 24.1 Å². The zero-order valence-corrected chi connectivity index (χ0v) is 20.3. The number of methoxy groups -OCH3 is 1. The van der Waals surface area contributed by atoms with Crippen molar-refractivity contribution in [2.75, 3.05) is 51.3 Å². The molecule has 1 aromatic heterocycles. The second-order valence-electron chi connectivity index (χ2n) is 8.57. The number of rotatable bonds is 6. The highest BCUT2D eigenvalue weighted by atomic mass is 32.2. The summed E-state index contributed by atoms with van der Waals surface area (Å²) in [6.45, 7) is 5.71. The number of piperazine rings is 1. The van der Waals surface area contributed by atoms with E-state index in [2.05, 4.69) is 11.8 Å². The van der Waals surface area contributed by atoms with Crippen molar-refractivity contribution in [1.29, 1.82) is 0 Å². The quantitative estimate of drug-likeness (QED) is 0.640. The molecule has 1 atom stereocenters. The molecule has 1 aromatic carbocycles. The SMILES string of the molecule is COc1ccc(S(=O)(=O)N2CCC[C@H](C)C2)cc1N1CCN(C(=O)Cc2cccs2)CC1. The van der Waals surface area contributed by atoms with Crippen LogP contribution in [-0.4, -0.2) is 69.9 Å². The number of ether oxygens (including phenoxy) is 1. The van der Waals surface area contributed by atoms with Gasteiger partial charge in [0, 0.05) is 44.1 Å². The van der Waals surface area contributed by atoms with Crippen LogP contribution < -0.4 is 9.64 Å². The van der Waals surface area contributed by atoms with Gasteiger partial charge in [-0.15, -0.1) is 11.3 Å². The molecule has 0 unspecified atom stereocenters. The normalized spacial score (nSPS) is 20.4. The van der Waals surface area contributed by atoms with Crippen LogP contribution in [0.3, 0.4) is 0 Å². The maximum absolute atomic E-state index is 13.3. The van der Waals surface area contributed by atoms with Gasteiger partial charge in [0.1, 0.15) is 5.75 Å². The van der Waals surface area contributed by atoms with E-state index in [1.54, 1.807) is 41.0 Å². The van der Waals surface area contributed by atoms with Crippen LogP contribution in [0.25, 0.3) is 0 Å². The van der Waals surface area contributed by atoms with Gasteiger partial charge >= 0.3 is 0 Å². The Kier molecular flexibility index (Phi) is 7.07. The lowest BCUT2D eigenvalue weighted by molar-refractivity contribution is -0.130. The third-order valence-corrected chi connectivity index (χ3v) is 9.02. The zero-order chi connectivity index (χ0) is 22.7.